The Balaban J connectivity index is 1.64. The maximum atomic E-state index is 10.3. The number of benzene rings is 1. The van der Waals surface area contributed by atoms with E-state index in [-0.39, 0.29) is 0 Å². The van der Waals surface area contributed by atoms with E-state index in [0.717, 1.165) is 11.3 Å². The quantitative estimate of drug-likeness (QED) is 0.825. The summed E-state index contributed by atoms with van der Waals surface area (Å²) in [7, 11) is 1.68. The lowest BCUT2D eigenvalue weighted by molar-refractivity contribution is 0.168. The van der Waals surface area contributed by atoms with E-state index in [4.69, 9.17) is 4.74 Å². The molecule has 116 valence electrons. The number of hydrogen-bond acceptors (Lipinski definition) is 4. The van der Waals surface area contributed by atoms with E-state index < -0.39 is 6.10 Å². The van der Waals surface area contributed by atoms with Crippen LogP contribution in [0, 0.1) is 5.92 Å². The minimum atomic E-state index is -0.512. The molecular formula is C18H22N2O2. The number of hydrogen-bond donors (Lipinski definition) is 2. The van der Waals surface area contributed by atoms with Crippen molar-refractivity contribution in [1.82, 2.24) is 10.3 Å². The Morgan fingerprint density at radius 1 is 1.14 bits per heavy atom. The fraction of sp³-hybridized carbons (Fsp3) is 0.389. The van der Waals surface area contributed by atoms with Crippen LogP contribution in [0.15, 0.2) is 48.8 Å². The van der Waals surface area contributed by atoms with Gasteiger partial charge < -0.3 is 15.2 Å². The van der Waals surface area contributed by atoms with Crippen LogP contribution in [0.25, 0.3) is 0 Å². The molecule has 0 radical (unpaired) electrons. The Morgan fingerprint density at radius 2 is 1.82 bits per heavy atom. The van der Waals surface area contributed by atoms with Gasteiger partial charge in [-0.1, -0.05) is 12.1 Å². The first kappa shape index (κ1) is 15.0. The first-order valence-electron chi connectivity index (χ1n) is 7.73. The molecular weight excluding hydrogens is 276 g/mol. The lowest BCUT2D eigenvalue weighted by Gasteiger charge is -2.21. The van der Waals surface area contributed by atoms with Crippen LogP contribution < -0.4 is 10.1 Å². The van der Waals surface area contributed by atoms with Crippen molar-refractivity contribution in [3.8, 4) is 5.75 Å². The first-order valence-corrected chi connectivity index (χ1v) is 7.73. The highest BCUT2D eigenvalue weighted by atomic mass is 16.5. The lowest BCUT2D eigenvalue weighted by Crippen LogP contribution is -2.28. The molecule has 0 aliphatic heterocycles. The Bertz CT molecular complexity index is 582. The second-order valence-corrected chi connectivity index (χ2v) is 5.79. The van der Waals surface area contributed by atoms with Gasteiger partial charge in [0.25, 0.3) is 0 Å². The fourth-order valence-corrected chi connectivity index (χ4v) is 2.74. The smallest absolute Gasteiger partial charge is 0.118 e. The Morgan fingerprint density at radius 3 is 2.41 bits per heavy atom. The van der Waals surface area contributed by atoms with Crippen LogP contribution >= 0.6 is 0 Å². The van der Waals surface area contributed by atoms with Gasteiger partial charge in [0.2, 0.25) is 0 Å². The minimum absolute atomic E-state index is 0.294. The number of rotatable bonds is 7. The van der Waals surface area contributed by atoms with E-state index in [1.165, 1.54) is 18.4 Å². The van der Waals surface area contributed by atoms with E-state index in [1.807, 2.05) is 24.3 Å². The monoisotopic (exact) mass is 298 g/mol. The van der Waals surface area contributed by atoms with Crippen molar-refractivity contribution >= 4 is 0 Å². The zero-order chi connectivity index (χ0) is 15.4. The van der Waals surface area contributed by atoms with Gasteiger partial charge in [0, 0.05) is 25.0 Å². The van der Waals surface area contributed by atoms with Crippen molar-refractivity contribution in [3.63, 3.8) is 0 Å². The van der Waals surface area contributed by atoms with Gasteiger partial charge in [-0.15, -0.1) is 0 Å². The molecule has 1 aliphatic rings. The van der Waals surface area contributed by atoms with Gasteiger partial charge in [0.15, 0.2) is 0 Å². The van der Waals surface area contributed by atoms with E-state index in [2.05, 4.69) is 22.4 Å². The van der Waals surface area contributed by atoms with Crippen LogP contribution in [0.1, 0.15) is 36.1 Å². The average Bonchev–Trinajstić information content (AvgIpc) is 3.41. The molecule has 0 saturated heterocycles. The van der Waals surface area contributed by atoms with Crippen LogP contribution in [0.3, 0.4) is 0 Å². The second kappa shape index (κ2) is 6.90. The number of aromatic nitrogens is 1. The Hall–Kier alpha value is -1.91. The maximum absolute atomic E-state index is 10.3. The molecule has 2 aromatic rings. The summed E-state index contributed by atoms with van der Waals surface area (Å²) in [6.45, 7) is 0.539. The van der Waals surface area contributed by atoms with Crippen molar-refractivity contribution in [2.24, 2.45) is 5.92 Å². The number of aliphatic hydroxyl groups excluding tert-OH is 1. The SMILES string of the molecule is COc1ccc(C(NCC(O)c2ccncc2)C2CC2)cc1. The highest BCUT2D eigenvalue weighted by Crippen LogP contribution is 2.41. The highest BCUT2D eigenvalue weighted by molar-refractivity contribution is 5.30. The maximum Gasteiger partial charge on any atom is 0.118 e. The topological polar surface area (TPSA) is 54.4 Å². The number of nitrogens with zero attached hydrogens (tertiary/aromatic N) is 1. The number of nitrogens with one attached hydrogen (secondary N) is 1. The largest absolute Gasteiger partial charge is 0.497 e. The van der Waals surface area contributed by atoms with Crippen molar-refractivity contribution in [2.75, 3.05) is 13.7 Å². The van der Waals surface area contributed by atoms with Gasteiger partial charge in [-0.05, 0) is 54.2 Å². The van der Waals surface area contributed by atoms with Crippen LogP contribution in [0.4, 0.5) is 0 Å². The Kier molecular flexibility index (Phi) is 4.71. The Labute approximate surface area is 131 Å². The van der Waals surface area contributed by atoms with Gasteiger partial charge >= 0.3 is 0 Å². The van der Waals surface area contributed by atoms with Crippen LogP contribution in [0.5, 0.6) is 5.75 Å². The van der Waals surface area contributed by atoms with E-state index in [9.17, 15) is 5.11 Å². The number of ether oxygens (including phenoxy) is 1. The molecule has 1 saturated carbocycles. The first-order chi connectivity index (χ1) is 10.8. The van der Waals surface area contributed by atoms with E-state index >= 15 is 0 Å². The molecule has 3 rings (SSSR count). The van der Waals surface area contributed by atoms with Gasteiger partial charge in [0.05, 0.1) is 13.2 Å². The third-order valence-electron chi connectivity index (χ3n) is 4.19. The van der Waals surface area contributed by atoms with E-state index in [1.54, 1.807) is 19.5 Å². The van der Waals surface area contributed by atoms with Gasteiger partial charge in [-0.25, -0.2) is 0 Å². The third-order valence-corrected chi connectivity index (χ3v) is 4.19. The fourth-order valence-electron chi connectivity index (χ4n) is 2.74. The molecule has 2 unspecified atom stereocenters. The summed E-state index contributed by atoms with van der Waals surface area (Å²) in [6, 6.07) is 12.2. The molecule has 0 spiro atoms. The summed E-state index contributed by atoms with van der Waals surface area (Å²) in [5.41, 5.74) is 2.15. The molecule has 1 aromatic heterocycles. The van der Waals surface area contributed by atoms with Crippen LogP contribution in [0.2, 0.25) is 0 Å². The van der Waals surface area contributed by atoms with Crippen LogP contribution in [-0.4, -0.2) is 23.7 Å². The average molecular weight is 298 g/mol. The second-order valence-electron chi connectivity index (χ2n) is 5.79. The molecule has 0 bridgehead atoms. The zero-order valence-corrected chi connectivity index (χ0v) is 12.8. The predicted octanol–water partition coefficient (Wildman–Crippen LogP) is 2.86. The molecule has 1 aromatic carbocycles. The summed E-state index contributed by atoms with van der Waals surface area (Å²) >= 11 is 0. The molecule has 1 fully saturated rings. The number of methoxy groups -OCH3 is 1. The molecule has 2 N–H and O–H groups in total. The van der Waals surface area contributed by atoms with Crippen molar-refractivity contribution < 1.29 is 9.84 Å². The standard InChI is InChI=1S/C18H22N2O2/c1-22-16-6-4-15(5-7-16)18(14-2-3-14)20-12-17(21)13-8-10-19-11-9-13/h4-11,14,17-18,20-21H,2-3,12H2,1H3. The molecule has 22 heavy (non-hydrogen) atoms. The molecule has 0 amide bonds. The molecule has 2 atom stereocenters. The summed E-state index contributed by atoms with van der Waals surface area (Å²) in [4.78, 5) is 3.98. The molecule has 4 nitrogen and oxygen atoms in total. The molecule has 1 aliphatic carbocycles. The lowest BCUT2D eigenvalue weighted by atomic mass is 10.0. The predicted molar refractivity (Wildman–Crippen MR) is 85.7 cm³/mol. The van der Waals surface area contributed by atoms with Crippen molar-refractivity contribution in [1.29, 1.82) is 0 Å². The molecule has 1 heterocycles. The van der Waals surface area contributed by atoms with Gasteiger partial charge in [-0.2, -0.15) is 0 Å². The van der Waals surface area contributed by atoms with Crippen molar-refractivity contribution in [3.05, 3.63) is 59.9 Å². The summed E-state index contributed by atoms with van der Waals surface area (Å²) in [5, 5.41) is 13.8. The summed E-state index contributed by atoms with van der Waals surface area (Å²) in [6.07, 6.45) is 5.40. The number of pyridine rings is 1. The minimum Gasteiger partial charge on any atom is -0.497 e. The summed E-state index contributed by atoms with van der Waals surface area (Å²) < 4.78 is 5.21. The normalized spacial score (nSPS) is 17.0. The number of aliphatic hydroxyl groups is 1. The van der Waals surface area contributed by atoms with E-state index in [0.29, 0.717) is 18.5 Å². The highest BCUT2D eigenvalue weighted by Gasteiger charge is 2.32. The summed E-state index contributed by atoms with van der Waals surface area (Å²) in [5.74, 6) is 1.54. The third kappa shape index (κ3) is 3.64. The zero-order valence-electron chi connectivity index (χ0n) is 12.8. The molecule has 4 heteroatoms. The van der Waals surface area contributed by atoms with Gasteiger partial charge in [-0.3, -0.25) is 4.98 Å². The van der Waals surface area contributed by atoms with Gasteiger partial charge in [0.1, 0.15) is 5.75 Å². The van der Waals surface area contributed by atoms with Crippen LogP contribution in [-0.2, 0) is 0 Å². The van der Waals surface area contributed by atoms with Crippen molar-refractivity contribution in [2.45, 2.75) is 25.0 Å².